The van der Waals surface area contributed by atoms with Crippen LogP contribution in [0, 0.1) is 12.7 Å². The second-order valence-corrected chi connectivity index (χ2v) is 10.00. The van der Waals surface area contributed by atoms with Crippen LogP contribution in [0.4, 0.5) is 15.8 Å². The number of halogens is 1. The summed E-state index contributed by atoms with van der Waals surface area (Å²) >= 11 is 0. The van der Waals surface area contributed by atoms with Crippen LogP contribution in [0.25, 0.3) is 21.9 Å². The Morgan fingerprint density at radius 3 is 2.34 bits per heavy atom. The topological polar surface area (TPSA) is 79.6 Å². The predicted molar refractivity (Wildman–Crippen MR) is 134 cm³/mol. The van der Waals surface area contributed by atoms with Crippen LogP contribution in [0.5, 0.6) is 0 Å². The zero-order valence-electron chi connectivity index (χ0n) is 18.7. The maximum Gasteiger partial charge on any atom is 0.264 e. The van der Waals surface area contributed by atoms with E-state index in [1.807, 2.05) is 37.3 Å². The average molecular weight is 489 g/mol. The second-order valence-electron chi connectivity index (χ2n) is 8.13. The summed E-state index contributed by atoms with van der Waals surface area (Å²) in [6, 6.07) is 24.4. The highest BCUT2D eigenvalue weighted by molar-refractivity contribution is 7.92. The van der Waals surface area contributed by atoms with E-state index in [0.717, 1.165) is 32.3 Å². The molecular formula is C27H21FN2O4S. The lowest BCUT2D eigenvalue weighted by Crippen LogP contribution is -2.38. The third kappa shape index (κ3) is 4.36. The number of nitrogens with zero attached hydrogens (tertiary/aromatic N) is 1. The van der Waals surface area contributed by atoms with Crippen molar-refractivity contribution in [3.05, 3.63) is 102 Å². The molecule has 176 valence electrons. The number of carbonyl (C=O) groups is 1. The quantitative estimate of drug-likeness (QED) is 0.324. The van der Waals surface area contributed by atoms with Crippen molar-refractivity contribution in [2.75, 3.05) is 16.2 Å². The molecule has 0 atom stereocenters. The van der Waals surface area contributed by atoms with Crippen molar-refractivity contribution < 1.29 is 22.0 Å². The fourth-order valence-corrected chi connectivity index (χ4v) is 5.35. The minimum Gasteiger partial charge on any atom is -0.456 e. The SMILES string of the molecule is Cc1ccc(S(=O)(=O)N(CC(=O)Nc2ccc3c(c2)oc2ccccc23)c2ccccc2F)cc1. The molecule has 0 spiro atoms. The number of sulfonamides is 1. The number of carbonyl (C=O) groups excluding carboxylic acids is 1. The summed E-state index contributed by atoms with van der Waals surface area (Å²) in [5, 5.41) is 4.55. The molecule has 8 heteroatoms. The van der Waals surface area contributed by atoms with Gasteiger partial charge in [-0.3, -0.25) is 9.10 Å². The maximum absolute atomic E-state index is 14.7. The van der Waals surface area contributed by atoms with Crippen LogP contribution in [0.3, 0.4) is 0 Å². The Labute approximate surface area is 201 Å². The largest absolute Gasteiger partial charge is 0.456 e. The first kappa shape index (κ1) is 22.6. The first-order chi connectivity index (χ1) is 16.8. The van der Waals surface area contributed by atoms with E-state index < -0.39 is 28.3 Å². The third-order valence-electron chi connectivity index (χ3n) is 5.68. The second kappa shape index (κ2) is 8.88. The number of rotatable bonds is 6. The van der Waals surface area contributed by atoms with Gasteiger partial charge < -0.3 is 9.73 Å². The highest BCUT2D eigenvalue weighted by Gasteiger charge is 2.29. The molecule has 0 radical (unpaired) electrons. The number of anilines is 2. The van der Waals surface area contributed by atoms with E-state index >= 15 is 0 Å². The molecule has 1 aromatic heterocycles. The summed E-state index contributed by atoms with van der Waals surface area (Å²) < 4.78 is 48.1. The predicted octanol–water partition coefficient (Wildman–Crippen LogP) is 5.87. The molecule has 5 rings (SSSR count). The van der Waals surface area contributed by atoms with Gasteiger partial charge in [0.05, 0.1) is 10.6 Å². The molecule has 0 saturated heterocycles. The highest BCUT2D eigenvalue weighted by atomic mass is 32.2. The first-order valence-corrected chi connectivity index (χ1v) is 12.3. The summed E-state index contributed by atoms with van der Waals surface area (Å²) in [4.78, 5) is 12.9. The number of furan rings is 1. The molecule has 1 heterocycles. The van der Waals surface area contributed by atoms with Crippen LogP contribution < -0.4 is 9.62 Å². The Kier molecular flexibility index (Phi) is 5.74. The Morgan fingerprint density at radius 1 is 0.886 bits per heavy atom. The number of nitrogens with one attached hydrogen (secondary N) is 1. The van der Waals surface area contributed by atoms with Crippen molar-refractivity contribution >= 4 is 49.2 Å². The van der Waals surface area contributed by atoms with Gasteiger partial charge in [-0.25, -0.2) is 12.8 Å². The molecule has 35 heavy (non-hydrogen) atoms. The lowest BCUT2D eigenvalue weighted by Gasteiger charge is -2.24. The third-order valence-corrected chi connectivity index (χ3v) is 7.45. The Balaban J connectivity index is 1.46. The minimum atomic E-state index is -4.22. The number of aryl methyl sites for hydroxylation is 1. The Hall–Kier alpha value is -4.17. The van der Waals surface area contributed by atoms with E-state index in [9.17, 15) is 17.6 Å². The molecule has 0 aliphatic carbocycles. The van der Waals surface area contributed by atoms with Gasteiger partial charge in [-0.15, -0.1) is 0 Å². The van der Waals surface area contributed by atoms with E-state index in [4.69, 9.17) is 4.42 Å². The fourth-order valence-electron chi connectivity index (χ4n) is 3.93. The van der Waals surface area contributed by atoms with Gasteiger partial charge in [-0.2, -0.15) is 0 Å². The lowest BCUT2D eigenvalue weighted by molar-refractivity contribution is -0.114. The molecule has 1 N–H and O–H groups in total. The van der Waals surface area contributed by atoms with Crippen molar-refractivity contribution in [2.45, 2.75) is 11.8 Å². The molecule has 0 fully saturated rings. The van der Waals surface area contributed by atoms with E-state index in [1.165, 1.54) is 30.3 Å². The number of hydrogen-bond donors (Lipinski definition) is 1. The smallest absolute Gasteiger partial charge is 0.264 e. The molecule has 0 unspecified atom stereocenters. The van der Waals surface area contributed by atoms with Crippen LogP contribution in [0.15, 0.2) is 100 Å². The van der Waals surface area contributed by atoms with Gasteiger partial charge in [0.15, 0.2) is 0 Å². The zero-order valence-corrected chi connectivity index (χ0v) is 19.6. The minimum absolute atomic E-state index is 0.0390. The summed E-state index contributed by atoms with van der Waals surface area (Å²) in [5.74, 6) is -1.38. The lowest BCUT2D eigenvalue weighted by atomic mass is 10.1. The molecule has 0 aliphatic heterocycles. The van der Waals surface area contributed by atoms with Crippen LogP contribution in [0.1, 0.15) is 5.56 Å². The van der Waals surface area contributed by atoms with Crippen LogP contribution >= 0.6 is 0 Å². The molecular weight excluding hydrogens is 467 g/mol. The normalized spacial score (nSPS) is 11.6. The van der Waals surface area contributed by atoms with Crippen molar-refractivity contribution in [1.29, 1.82) is 0 Å². The van der Waals surface area contributed by atoms with E-state index in [2.05, 4.69) is 5.32 Å². The van der Waals surface area contributed by atoms with Gasteiger partial charge in [0.2, 0.25) is 5.91 Å². The molecule has 1 amide bonds. The molecule has 6 nitrogen and oxygen atoms in total. The molecule has 5 aromatic rings. The van der Waals surface area contributed by atoms with Crippen LogP contribution in [0.2, 0.25) is 0 Å². The van der Waals surface area contributed by atoms with Crippen molar-refractivity contribution in [2.24, 2.45) is 0 Å². The number of hydrogen-bond acceptors (Lipinski definition) is 4. The summed E-state index contributed by atoms with van der Waals surface area (Å²) in [6.07, 6.45) is 0. The van der Waals surface area contributed by atoms with Crippen LogP contribution in [-0.2, 0) is 14.8 Å². The monoisotopic (exact) mass is 488 g/mol. The Morgan fingerprint density at radius 2 is 1.57 bits per heavy atom. The maximum atomic E-state index is 14.7. The number of amides is 1. The van der Waals surface area contributed by atoms with Gasteiger partial charge in [0, 0.05) is 22.5 Å². The summed E-state index contributed by atoms with van der Waals surface area (Å²) in [5.41, 5.74) is 2.40. The van der Waals surface area contributed by atoms with Crippen molar-refractivity contribution in [3.63, 3.8) is 0 Å². The number of benzene rings is 4. The standard InChI is InChI=1S/C27H21FN2O4S/c1-18-10-13-20(14-11-18)35(32,33)30(24-8-4-3-7-23(24)28)17-27(31)29-19-12-15-22-21-6-2-5-9-25(21)34-26(22)16-19/h2-16H,17H2,1H3,(H,29,31). The van der Waals surface area contributed by atoms with E-state index in [1.54, 1.807) is 24.3 Å². The molecule has 0 bridgehead atoms. The number of para-hydroxylation sites is 2. The van der Waals surface area contributed by atoms with Gasteiger partial charge in [-0.1, -0.05) is 48.0 Å². The molecule has 0 saturated carbocycles. The summed E-state index contributed by atoms with van der Waals surface area (Å²) in [6.45, 7) is 1.21. The highest BCUT2D eigenvalue weighted by Crippen LogP contribution is 2.31. The van der Waals surface area contributed by atoms with Crippen molar-refractivity contribution in [1.82, 2.24) is 0 Å². The Bertz CT molecular complexity index is 1660. The van der Waals surface area contributed by atoms with Gasteiger partial charge in [0.1, 0.15) is 23.5 Å². The average Bonchev–Trinajstić information content (AvgIpc) is 3.21. The molecule has 0 aliphatic rings. The van der Waals surface area contributed by atoms with Gasteiger partial charge in [-0.05, 0) is 49.4 Å². The van der Waals surface area contributed by atoms with Crippen molar-refractivity contribution in [3.8, 4) is 0 Å². The first-order valence-electron chi connectivity index (χ1n) is 10.9. The van der Waals surface area contributed by atoms with E-state index in [-0.39, 0.29) is 10.6 Å². The van der Waals surface area contributed by atoms with Gasteiger partial charge in [0.25, 0.3) is 10.0 Å². The van der Waals surface area contributed by atoms with Gasteiger partial charge >= 0.3 is 0 Å². The van der Waals surface area contributed by atoms with E-state index in [0.29, 0.717) is 11.3 Å². The number of fused-ring (bicyclic) bond motifs is 3. The van der Waals surface area contributed by atoms with Crippen LogP contribution in [-0.4, -0.2) is 20.9 Å². The summed E-state index contributed by atoms with van der Waals surface area (Å²) in [7, 11) is -4.22. The zero-order chi connectivity index (χ0) is 24.6. The molecule has 4 aromatic carbocycles. The fraction of sp³-hybridized carbons (Fsp3) is 0.0741.